The molecule has 0 atom stereocenters. The molecule has 0 radical (unpaired) electrons. The average molecular weight is 473 g/mol. The van der Waals surface area contributed by atoms with Gasteiger partial charge in [-0.3, -0.25) is 9.59 Å². The van der Waals surface area contributed by atoms with E-state index in [4.69, 9.17) is 23.2 Å². The molecule has 1 aliphatic heterocycles. The molecule has 8 heteroatoms. The van der Waals surface area contributed by atoms with Gasteiger partial charge in [-0.05, 0) is 61.5 Å². The first kappa shape index (κ1) is 21.4. The standard InChI is InChI=1S/C23H15Cl2FN2O2S/c1-13-2-9-17(10-3-13)31-21-20(27-15-6-4-14(24)5-7-15)22(29)28(23(21)30)16-8-11-19(26)18(25)12-16/h2-12,27H,1H3. The Morgan fingerprint density at radius 1 is 0.903 bits per heavy atom. The van der Waals surface area contributed by atoms with Crippen molar-refractivity contribution in [2.45, 2.75) is 11.8 Å². The molecule has 3 aromatic rings. The summed E-state index contributed by atoms with van der Waals surface area (Å²) < 4.78 is 13.6. The molecule has 0 fully saturated rings. The molecule has 0 bridgehead atoms. The molecule has 1 heterocycles. The Morgan fingerprint density at radius 3 is 2.23 bits per heavy atom. The van der Waals surface area contributed by atoms with E-state index in [1.54, 1.807) is 24.3 Å². The van der Waals surface area contributed by atoms with Crippen molar-refractivity contribution in [3.63, 3.8) is 0 Å². The highest BCUT2D eigenvalue weighted by Gasteiger charge is 2.40. The third-order valence-corrected chi connectivity index (χ3v) is 6.19. The maximum Gasteiger partial charge on any atom is 0.283 e. The second kappa shape index (κ2) is 8.75. The number of anilines is 2. The number of thioether (sulfide) groups is 1. The van der Waals surface area contributed by atoms with Crippen molar-refractivity contribution < 1.29 is 14.0 Å². The van der Waals surface area contributed by atoms with Crippen LogP contribution < -0.4 is 10.2 Å². The second-order valence-corrected chi connectivity index (χ2v) is 8.72. The molecule has 0 aromatic heterocycles. The van der Waals surface area contributed by atoms with E-state index < -0.39 is 17.6 Å². The van der Waals surface area contributed by atoms with Crippen LogP contribution in [0.2, 0.25) is 10.0 Å². The van der Waals surface area contributed by atoms with Crippen LogP contribution in [-0.4, -0.2) is 11.8 Å². The lowest BCUT2D eigenvalue weighted by Gasteiger charge is -2.15. The zero-order valence-electron chi connectivity index (χ0n) is 16.2. The molecular formula is C23H15Cl2FN2O2S. The van der Waals surface area contributed by atoms with Gasteiger partial charge < -0.3 is 5.32 Å². The molecule has 31 heavy (non-hydrogen) atoms. The fraction of sp³-hybridized carbons (Fsp3) is 0.0435. The largest absolute Gasteiger partial charge is 0.350 e. The molecule has 1 N–H and O–H groups in total. The number of aryl methyl sites for hydroxylation is 1. The number of hydrogen-bond donors (Lipinski definition) is 1. The summed E-state index contributed by atoms with van der Waals surface area (Å²) in [6.45, 7) is 1.96. The molecule has 0 saturated heterocycles. The third-order valence-electron chi connectivity index (χ3n) is 4.56. The predicted molar refractivity (Wildman–Crippen MR) is 123 cm³/mol. The second-order valence-electron chi connectivity index (χ2n) is 6.80. The summed E-state index contributed by atoms with van der Waals surface area (Å²) in [6, 6.07) is 18.1. The molecule has 0 unspecified atom stereocenters. The molecule has 2 amide bonds. The van der Waals surface area contributed by atoms with Gasteiger partial charge in [0.2, 0.25) is 0 Å². The number of benzene rings is 3. The van der Waals surface area contributed by atoms with Crippen LogP contribution in [0.3, 0.4) is 0 Å². The molecule has 0 saturated carbocycles. The number of carbonyl (C=O) groups excluding carboxylic acids is 2. The maximum atomic E-state index is 13.6. The van der Waals surface area contributed by atoms with Crippen LogP contribution in [0.15, 0.2) is 82.2 Å². The number of imide groups is 1. The number of nitrogens with one attached hydrogen (secondary N) is 1. The summed E-state index contributed by atoms with van der Waals surface area (Å²) in [5, 5.41) is 3.41. The Bertz CT molecular complexity index is 1140. The Labute approximate surface area is 192 Å². The third kappa shape index (κ3) is 4.46. The molecule has 1 aliphatic rings. The molecule has 156 valence electrons. The highest BCUT2D eigenvalue weighted by Crippen LogP contribution is 2.38. The van der Waals surface area contributed by atoms with E-state index in [9.17, 15) is 14.0 Å². The topological polar surface area (TPSA) is 49.4 Å². The van der Waals surface area contributed by atoms with E-state index in [1.807, 2.05) is 31.2 Å². The first-order chi connectivity index (χ1) is 14.8. The smallest absolute Gasteiger partial charge is 0.283 e. The first-order valence-electron chi connectivity index (χ1n) is 9.19. The lowest BCUT2D eigenvalue weighted by Crippen LogP contribution is -2.32. The summed E-state index contributed by atoms with van der Waals surface area (Å²) in [5.41, 5.74) is 1.99. The Balaban J connectivity index is 1.74. The number of carbonyl (C=O) groups is 2. The molecule has 0 spiro atoms. The molecule has 0 aliphatic carbocycles. The number of nitrogens with zero attached hydrogens (tertiary/aromatic N) is 1. The van der Waals surface area contributed by atoms with Gasteiger partial charge in [-0.15, -0.1) is 0 Å². The van der Waals surface area contributed by atoms with Gasteiger partial charge >= 0.3 is 0 Å². The van der Waals surface area contributed by atoms with Crippen molar-refractivity contribution in [1.29, 1.82) is 0 Å². The predicted octanol–water partition coefficient (Wildman–Crippen LogP) is 6.43. The summed E-state index contributed by atoms with van der Waals surface area (Å²) >= 11 is 13.0. The van der Waals surface area contributed by atoms with Crippen molar-refractivity contribution in [3.8, 4) is 0 Å². The van der Waals surface area contributed by atoms with E-state index in [-0.39, 0.29) is 21.3 Å². The number of rotatable bonds is 5. The minimum Gasteiger partial charge on any atom is -0.350 e. The summed E-state index contributed by atoms with van der Waals surface area (Å²) in [5.74, 6) is -1.71. The highest BCUT2D eigenvalue weighted by atomic mass is 35.5. The van der Waals surface area contributed by atoms with E-state index in [2.05, 4.69) is 5.32 Å². The minimum absolute atomic E-state index is 0.123. The number of amides is 2. The lowest BCUT2D eigenvalue weighted by molar-refractivity contribution is -0.120. The Morgan fingerprint density at radius 2 is 1.58 bits per heavy atom. The van der Waals surface area contributed by atoms with Gasteiger partial charge in [0, 0.05) is 15.6 Å². The summed E-state index contributed by atoms with van der Waals surface area (Å²) in [4.78, 5) is 28.5. The maximum absolute atomic E-state index is 13.6. The van der Waals surface area contributed by atoms with E-state index in [1.165, 1.54) is 23.9 Å². The zero-order chi connectivity index (χ0) is 22.1. The first-order valence-corrected chi connectivity index (χ1v) is 10.8. The van der Waals surface area contributed by atoms with Crippen LogP contribution in [0.25, 0.3) is 0 Å². The van der Waals surface area contributed by atoms with Crippen LogP contribution in [0.5, 0.6) is 0 Å². The lowest BCUT2D eigenvalue weighted by atomic mass is 10.2. The normalized spacial score (nSPS) is 13.9. The monoisotopic (exact) mass is 472 g/mol. The minimum atomic E-state index is -0.633. The molecule has 4 nitrogen and oxygen atoms in total. The summed E-state index contributed by atoms with van der Waals surface area (Å²) in [7, 11) is 0. The fourth-order valence-corrected chi connectivity index (χ4v) is 4.20. The SMILES string of the molecule is Cc1ccc(SC2=C(Nc3ccc(Cl)cc3)C(=O)N(c3ccc(F)c(Cl)c3)C2=O)cc1. The van der Waals surface area contributed by atoms with Gasteiger partial charge in [-0.2, -0.15) is 0 Å². The zero-order valence-corrected chi connectivity index (χ0v) is 18.5. The van der Waals surface area contributed by atoms with Crippen molar-refractivity contribution in [3.05, 3.63) is 98.8 Å². The van der Waals surface area contributed by atoms with Gasteiger partial charge in [0.1, 0.15) is 16.4 Å². The van der Waals surface area contributed by atoms with E-state index >= 15 is 0 Å². The van der Waals surface area contributed by atoms with E-state index in [0.717, 1.165) is 21.4 Å². The number of hydrogen-bond acceptors (Lipinski definition) is 4. The highest BCUT2D eigenvalue weighted by molar-refractivity contribution is 8.04. The van der Waals surface area contributed by atoms with E-state index in [0.29, 0.717) is 10.7 Å². The van der Waals surface area contributed by atoms with Crippen LogP contribution in [0.1, 0.15) is 5.56 Å². The van der Waals surface area contributed by atoms with Gasteiger partial charge in [0.05, 0.1) is 10.7 Å². The van der Waals surface area contributed by atoms with Crippen molar-refractivity contribution in [2.24, 2.45) is 0 Å². The van der Waals surface area contributed by atoms with Crippen molar-refractivity contribution in [1.82, 2.24) is 0 Å². The van der Waals surface area contributed by atoms with Crippen molar-refractivity contribution in [2.75, 3.05) is 10.2 Å². The molecular weight excluding hydrogens is 458 g/mol. The Kier molecular flexibility index (Phi) is 6.05. The van der Waals surface area contributed by atoms with Crippen LogP contribution in [0.4, 0.5) is 15.8 Å². The van der Waals surface area contributed by atoms with Gasteiger partial charge in [0.25, 0.3) is 11.8 Å². The van der Waals surface area contributed by atoms with Gasteiger partial charge in [0.15, 0.2) is 0 Å². The number of halogens is 3. The Hall–Kier alpha value is -2.80. The van der Waals surface area contributed by atoms with Crippen molar-refractivity contribution >= 4 is 58.2 Å². The average Bonchev–Trinajstić information content (AvgIpc) is 2.97. The molecule has 4 rings (SSSR count). The molecule has 3 aromatic carbocycles. The van der Waals surface area contributed by atoms with Crippen LogP contribution >= 0.6 is 35.0 Å². The fourth-order valence-electron chi connectivity index (χ4n) is 2.97. The van der Waals surface area contributed by atoms with Gasteiger partial charge in [-0.25, -0.2) is 9.29 Å². The van der Waals surface area contributed by atoms with Crippen LogP contribution in [0, 0.1) is 12.7 Å². The quantitative estimate of drug-likeness (QED) is 0.434. The summed E-state index contributed by atoms with van der Waals surface area (Å²) in [6.07, 6.45) is 0. The van der Waals surface area contributed by atoms with Crippen LogP contribution in [-0.2, 0) is 9.59 Å². The van der Waals surface area contributed by atoms with Gasteiger partial charge in [-0.1, -0.05) is 52.7 Å².